The Morgan fingerprint density at radius 3 is 3.00 bits per heavy atom. The van der Waals surface area contributed by atoms with E-state index in [4.69, 9.17) is 4.74 Å². The van der Waals surface area contributed by atoms with E-state index in [2.05, 4.69) is 32.1 Å². The number of hydrogen-bond acceptors (Lipinski definition) is 5. The Bertz CT molecular complexity index is 859. The molecule has 0 N–H and O–H groups in total. The number of anilines is 1. The Kier molecular flexibility index (Phi) is 3.80. The van der Waals surface area contributed by atoms with E-state index in [1.165, 1.54) is 12.0 Å². The van der Waals surface area contributed by atoms with Gasteiger partial charge in [-0.05, 0) is 30.9 Å². The van der Waals surface area contributed by atoms with Crippen molar-refractivity contribution in [2.75, 3.05) is 18.6 Å². The van der Waals surface area contributed by atoms with E-state index in [9.17, 15) is 0 Å². The maximum absolute atomic E-state index is 5.51. The van der Waals surface area contributed by atoms with Gasteiger partial charge in [-0.15, -0.1) is 0 Å². The van der Waals surface area contributed by atoms with Crippen molar-refractivity contribution in [1.82, 2.24) is 19.7 Å². The smallest absolute Gasteiger partial charge is 0.163 e. The second kappa shape index (κ2) is 6.11. The molecule has 0 amide bonds. The topological polar surface area (TPSA) is 56.1 Å². The first kappa shape index (κ1) is 14.9. The van der Waals surface area contributed by atoms with E-state index in [0.717, 1.165) is 42.0 Å². The van der Waals surface area contributed by atoms with Gasteiger partial charge in [0.25, 0.3) is 0 Å². The number of fused-ring (bicyclic) bond motifs is 1. The molecule has 0 aliphatic carbocycles. The van der Waals surface area contributed by atoms with E-state index in [1.54, 1.807) is 18.1 Å². The third kappa shape index (κ3) is 2.48. The minimum Gasteiger partial charge on any atom is -0.496 e. The molecule has 1 aliphatic rings. The van der Waals surface area contributed by atoms with Crippen molar-refractivity contribution in [3.8, 4) is 5.75 Å². The zero-order valence-electron chi connectivity index (χ0n) is 14.0. The average molecular weight is 323 g/mol. The van der Waals surface area contributed by atoms with E-state index in [-0.39, 0.29) is 0 Å². The molecule has 6 nitrogen and oxygen atoms in total. The fraction of sp³-hybridized carbons (Fsp3) is 0.389. The van der Waals surface area contributed by atoms with Crippen LogP contribution in [-0.4, -0.2) is 39.4 Å². The van der Waals surface area contributed by atoms with E-state index >= 15 is 0 Å². The van der Waals surface area contributed by atoms with Crippen LogP contribution in [0.4, 0.5) is 5.82 Å². The van der Waals surface area contributed by atoms with Crippen LogP contribution in [0.3, 0.4) is 0 Å². The molecule has 0 radical (unpaired) electrons. The number of para-hydroxylation sites is 1. The predicted molar refractivity (Wildman–Crippen MR) is 93.4 cm³/mol. The highest BCUT2D eigenvalue weighted by Crippen LogP contribution is 2.32. The lowest BCUT2D eigenvalue weighted by Gasteiger charge is -2.26. The molecule has 1 atom stereocenters. The molecule has 0 unspecified atom stereocenters. The standard InChI is InChI=1S/C18H21N5O/c1-22-17-15(11-21-22)18(20-12-19-17)23-9-5-7-14(23)10-13-6-3-4-8-16(13)24-2/h3-4,6,8,11-12,14H,5,7,9-10H2,1-2H3/t14-/m0/s1. The van der Waals surface area contributed by atoms with Crippen molar-refractivity contribution in [1.29, 1.82) is 0 Å². The normalized spacial score (nSPS) is 17.6. The first-order valence-electron chi connectivity index (χ1n) is 8.29. The maximum Gasteiger partial charge on any atom is 0.163 e. The van der Waals surface area contributed by atoms with Crippen LogP contribution in [0, 0.1) is 0 Å². The molecule has 6 heteroatoms. The highest BCUT2D eigenvalue weighted by atomic mass is 16.5. The Hall–Kier alpha value is -2.63. The first-order valence-corrected chi connectivity index (χ1v) is 8.29. The van der Waals surface area contributed by atoms with Crippen molar-refractivity contribution in [2.45, 2.75) is 25.3 Å². The summed E-state index contributed by atoms with van der Waals surface area (Å²) in [5, 5.41) is 5.35. The fourth-order valence-corrected chi connectivity index (χ4v) is 3.63. The van der Waals surface area contributed by atoms with Crippen LogP contribution in [0.1, 0.15) is 18.4 Å². The lowest BCUT2D eigenvalue weighted by Crippen LogP contribution is -2.32. The Balaban J connectivity index is 1.67. The summed E-state index contributed by atoms with van der Waals surface area (Å²) in [5.41, 5.74) is 2.12. The Labute approximate surface area is 141 Å². The highest BCUT2D eigenvalue weighted by Gasteiger charge is 2.28. The van der Waals surface area contributed by atoms with Gasteiger partial charge >= 0.3 is 0 Å². The minimum absolute atomic E-state index is 0.416. The molecule has 4 rings (SSSR count). The predicted octanol–water partition coefficient (Wildman–Crippen LogP) is 2.58. The van der Waals surface area contributed by atoms with Crippen LogP contribution < -0.4 is 9.64 Å². The summed E-state index contributed by atoms with van der Waals surface area (Å²) in [5.74, 6) is 1.95. The molecule has 3 heterocycles. The Morgan fingerprint density at radius 2 is 2.12 bits per heavy atom. The molecule has 2 aromatic heterocycles. The van der Waals surface area contributed by atoms with Crippen LogP contribution >= 0.6 is 0 Å². The number of benzene rings is 1. The lowest BCUT2D eigenvalue weighted by molar-refractivity contribution is 0.408. The molecule has 3 aromatic rings. The summed E-state index contributed by atoms with van der Waals surface area (Å²) < 4.78 is 7.31. The van der Waals surface area contributed by atoms with Crippen molar-refractivity contribution >= 4 is 16.9 Å². The third-order valence-corrected chi connectivity index (χ3v) is 4.81. The SMILES string of the molecule is COc1ccccc1C[C@@H]1CCCN1c1ncnc2c1cnn2C. The molecule has 24 heavy (non-hydrogen) atoms. The average Bonchev–Trinajstić information content (AvgIpc) is 3.22. The van der Waals surface area contributed by atoms with Gasteiger partial charge in [-0.2, -0.15) is 5.10 Å². The zero-order valence-corrected chi connectivity index (χ0v) is 14.0. The Morgan fingerprint density at radius 1 is 1.25 bits per heavy atom. The molecule has 0 bridgehead atoms. The molecule has 1 aliphatic heterocycles. The summed E-state index contributed by atoms with van der Waals surface area (Å²) in [6.45, 7) is 1.01. The monoisotopic (exact) mass is 323 g/mol. The van der Waals surface area contributed by atoms with Gasteiger partial charge in [0.2, 0.25) is 0 Å². The second-order valence-electron chi connectivity index (χ2n) is 6.21. The number of nitrogens with zero attached hydrogens (tertiary/aromatic N) is 5. The number of hydrogen-bond donors (Lipinski definition) is 0. The summed E-state index contributed by atoms with van der Waals surface area (Å²) in [6.07, 6.45) is 6.78. The summed E-state index contributed by atoms with van der Waals surface area (Å²) in [4.78, 5) is 11.3. The van der Waals surface area contributed by atoms with Gasteiger partial charge in [0, 0.05) is 19.6 Å². The maximum atomic E-state index is 5.51. The molecular formula is C18H21N5O. The molecule has 1 fully saturated rings. The lowest BCUT2D eigenvalue weighted by atomic mass is 10.0. The van der Waals surface area contributed by atoms with Crippen molar-refractivity contribution in [3.05, 3.63) is 42.4 Å². The van der Waals surface area contributed by atoms with Gasteiger partial charge < -0.3 is 9.64 Å². The summed E-state index contributed by atoms with van der Waals surface area (Å²) >= 11 is 0. The number of rotatable bonds is 4. The van der Waals surface area contributed by atoms with Crippen LogP contribution in [0.2, 0.25) is 0 Å². The third-order valence-electron chi connectivity index (χ3n) is 4.81. The highest BCUT2D eigenvalue weighted by molar-refractivity contribution is 5.86. The molecule has 1 aromatic carbocycles. The minimum atomic E-state index is 0.416. The van der Waals surface area contributed by atoms with Crippen molar-refractivity contribution in [2.24, 2.45) is 7.05 Å². The van der Waals surface area contributed by atoms with E-state index in [0.29, 0.717) is 6.04 Å². The molecule has 1 saturated heterocycles. The van der Waals surface area contributed by atoms with Crippen molar-refractivity contribution in [3.63, 3.8) is 0 Å². The largest absolute Gasteiger partial charge is 0.496 e. The van der Waals surface area contributed by atoms with Crippen LogP contribution in [-0.2, 0) is 13.5 Å². The zero-order chi connectivity index (χ0) is 16.5. The number of aryl methyl sites for hydroxylation is 1. The molecular weight excluding hydrogens is 302 g/mol. The van der Waals surface area contributed by atoms with Crippen LogP contribution in [0.15, 0.2) is 36.8 Å². The van der Waals surface area contributed by atoms with Gasteiger partial charge in [-0.3, -0.25) is 4.68 Å². The van der Waals surface area contributed by atoms with Crippen molar-refractivity contribution < 1.29 is 4.74 Å². The fourth-order valence-electron chi connectivity index (χ4n) is 3.63. The van der Waals surface area contributed by atoms with Gasteiger partial charge in [0.15, 0.2) is 5.65 Å². The van der Waals surface area contributed by atoms with Gasteiger partial charge in [-0.1, -0.05) is 18.2 Å². The first-order chi connectivity index (χ1) is 11.8. The van der Waals surface area contributed by atoms with Crippen LogP contribution in [0.25, 0.3) is 11.0 Å². The quantitative estimate of drug-likeness (QED) is 0.738. The number of methoxy groups -OCH3 is 1. The number of aromatic nitrogens is 4. The second-order valence-corrected chi connectivity index (χ2v) is 6.21. The molecule has 0 spiro atoms. The van der Waals surface area contributed by atoms with Crippen LogP contribution in [0.5, 0.6) is 5.75 Å². The van der Waals surface area contributed by atoms with E-state index < -0.39 is 0 Å². The summed E-state index contributed by atoms with van der Waals surface area (Å²) in [7, 11) is 3.64. The molecule has 124 valence electrons. The summed E-state index contributed by atoms with van der Waals surface area (Å²) in [6, 6.07) is 8.67. The number of ether oxygens (including phenoxy) is 1. The van der Waals surface area contributed by atoms with E-state index in [1.807, 2.05) is 25.4 Å². The van der Waals surface area contributed by atoms with Gasteiger partial charge in [0.05, 0.1) is 18.7 Å². The molecule has 0 saturated carbocycles. The van der Waals surface area contributed by atoms with Gasteiger partial charge in [0.1, 0.15) is 17.9 Å². The van der Waals surface area contributed by atoms with Gasteiger partial charge in [-0.25, -0.2) is 9.97 Å².